The predicted octanol–water partition coefficient (Wildman–Crippen LogP) is 6.12. The summed E-state index contributed by atoms with van der Waals surface area (Å²) >= 11 is 6.30. The van der Waals surface area contributed by atoms with E-state index in [4.69, 9.17) is 16.1 Å². The molecular formula is C25H20ClN3O3. The van der Waals surface area contributed by atoms with E-state index in [-0.39, 0.29) is 11.5 Å². The molecule has 1 aromatic heterocycles. The molecule has 0 spiro atoms. The van der Waals surface area contributed by atoms with E-state index >= 15 is 0 Å². The Labute approximate surface area is 190 Å². The number of hydrogen-bond donors (Lipinski definition) is 2. The van der Waals surface area contributed by atoms with Crippen molar-refractivity contribution in [3.05, 3.63) is 100 Å². The highest BCUT2D eigenvalue weighted by Crippen LogP contribution is 2.32. The molecule has 2 N–H and O–H groups in total. The highest BCUT2D eigenvalue weighted by atomic mass is 35.5. The SMILES string of the molecule is Cc1ccccc1C(=O)Nc1ccccc1NC(=O)c1c(-c2ccccc2Cl)noc1C. The molecule has 0 bridgehead atoms. The molecule has 32 heavy (non-hydrogen) atoms. The van der Waals surface area contributed by atoms with E-state index in [1.165, 1.54) is 0 Å². The Hall–Kier alpha value is -3.90. The number of hydrogen-bond acceptors (Lipinski definition) is 4. The average Bonchev–Trinajstić information content (AvgIpc) is 3.17. The Bertz CT molecular complexity index is 1310. The lowest BCUT2D eigenvalue weighted by Crippen LogP contribution is -2.18. The molecular weight excluding hydrogens is 426 g/mol. The molecule has 0 aliphatic carbocycles. The van der Waals surface area contributed by atoms with E-state index in [1.54, 1.807) is 61.5 Å². The van der Waals surface area contributed by atoms with Crippen LogP contribution in [0, 0.1) is 13.8 Å². The van der Waals surface area contributed by atoms with Gasteiger partial charge in [-0.1, -0.05) is 65.3 Å². The predicted molar refractivity (Wildman–Crippen MR) is 125 cm³/mol. The second-order valence-electron chi connectivity index (χ2n) is 7.21. The standard InChI is InChI=1S/C25H20ClN3O3/c1-15-9-3-4-10-17(15)24(30)27-20-13-7-8-14-21(20)28-25(31)22-16(2)32-29-23(22)18-11-5-6-12-19(18)26/h3-14H,1-2H3,(H,27,30)(H,28,31). The first-order chi connectivity index (χ1) is 15.5. The van der Waals surface area contributed by atoms with Crippen LogP contribution in [0.25, 0.3) is 11.3 Å². The number of amides is 2. The summed E-state index contributed by atoms with van der Waals surface area (Å²) in [4.78, 5) is 26.0. The van der Waals surface area contributed by atoms with Crippen molar-refractivity contribution < 1.29 is 14.1 Å². The summed E-state index contributed by atoms with van der Waals surface area (Å²) in [7, 11) is 0. The van der Waals surface area contributed by atoms with Gasteiger partial charge in [0.05, 0.1) is 16.4 Å². The van der Waals surface area contributed by atoms with Gasteiger partial charge in [-0.2, -0.15) is 0 Å². The second-order valence-corrected chi connectivity index (χ2v) is 7.62. The van der Waals surface area contributed by atoms with Gasteiger partial charge in [0, 0.05) is 11.1 Å². The van der Waals surface area contributed by atoms with Crippen LogP contribution in [0.4, 0.5) is 11.4 Å². The first-order valence-corrected chi connectivity index (χ1v) is 10.3. The van der Waals surface area contributed by atoms with E-state index < -0.39 is 5.91 Å². The van der Waals surface area contributed by atoms with Crippen LogP contribution in [0.1, 0.15) is 32.0 Å². The number of carbonyl (C=O) groups is 2. The molecule has 0 aliphatic rings. The van der Waals surface area contributed by atoms with Gasteiger partial charge in [-0.3, -0.25) is 9.59 Å². The van der Waals surface area contributed by atoms with E-state index in [1.807, 2.05) is 25.1 Å². The number of halogens is 1. The number of carbonyl (C=O) groups excluding carboxylic acids is 2. The Kier molecular flexibility index (Phi) is 6.05. The number of anilines is 2. The van der Waals surface area contributed by atoms with Crippen LogP contribution in [-0.4, -0.2) is 17.0 Å². The maximum absolute atomic E-state index is 13.2. The molecule has 0 unspecified atom stereocenters. The van der Waals surface area contributed by atoms with Crippen LogP contribution in [0.2, 0.25) is 5.02 Å². The average molecular weight is 446 g/mol. The zero-order valence-corrected chi connectivity index (χ0v) is 18.2. The van der Waals surface area contributed by atoms with Gasteiger partial charge in [0.15, 0.2) is 0 Å². The van der Waals surface area contributed by atoms with Gasteiger partial charge < -0.3 is 15.2 Å². The van der Waals surface area contributed by atoms with Crippen LogP contribution in [0.15, 0.2) is 77.3 Å². The Morgan fingerprint density at radius 3 is 2.09 bits per heavy atom. The summed E-state index contributed by atoms with van der Waals surface area (Å²) in [6.07, 6.45) is 0. The minimum atomic E-state index is -0.420. The Morgan fingerprint density at radius 1 is 0.812 bits per heavy atom. The molecule has 4 rings (SSSR count). The van der Waals surface area contributed by atoms with E-state index in [0.29, 0.717) is 39.0 Å². The van der Waals surface area contributed by atoms with Gasteiger partial charge in [-0.25, -0.2) is 0 Å². The lowest BCUT2D eigenvalue weighted by atomic mass is 10.1. The van der Waals surface area contributed by atoms with Crippen molar-refractivity contribution in [2.75, 3.05) is 10.6 Å². The Morgan fingerprint density at radius 2 is 1.41 bits per heavy atom. The summed E-state index contributed by atoms with van der Waals surface area (Å²) in [5.41, 5.74) is 3.57. The van der Waals surface area contributed by atoms with Gasteiger partial charge in [-0.05, 0) is 43.7 Å². The highest BCUT2D eigenvalue weighted by molar-refractivity contribution is 6.33. The summed E-state index contributed by atoms with van der Waals surface area (Å²) in [5, 5.41) is 10.2. The number of benzene rings is 3. The summed E-state index contributed by atoms with van der Waals surface area (Å²) < 4.78 is 5.29. The van der Waals surface area contributed by atoms with Crippen molar-refractivity contribution in [1.82, 2.24) is 5.16 Å². The number of rotatable bonds is 5. The minimum absolute atomic E-state index is 0.261. The van der Waals surface area contributed by atoms with Gasteiger partial charge in [0.25, 0.3) is 11.8 Å². The van der Waals surface area contributed by atoms with E-state index in [9.17, 15) is 9.59 Å². The molecule has 3 aromatic carbocycles. The molecule has 7 heteroatoms. The molecule has 0 saturated heterocycles. The zero-order valence-electron chi connectivity index (χ0n) is 17.5. The first kappa shape index (κ1) is 21.3. The molecule has 6 nitrogen and oxygen atoms in total. The zero-order chi connectivity index (χ0) is 22.7. The minimum Gasteiger partial charge on any atom is -0.360 e. The smallest absolute Gasteiger partial charge is 0.261 e. The first-order valence-electron chi connectivity index (χ1n) is 9.94. The number of nitrogens with zero attached hydrogens (tertiary/aromatic N) is 1. The molecule has 0 aliphatic heterocycles. The van der Waals surface area contributed by atoms with Crippen LogP contribution < -0.4 is 10.6 Å². The van der Waals surface area contributed by atoms with Crippen molar-refractivity contribution in [2.45, 2.75) is 13.8 Å². The number of aryl methyl sites for hydroxylation is 2. The molecule has 0 radical (unpaired) electrons. The molecule has 1 heterocycles. The fourth-order valence-electron chi connectivity index (χ4n) is 3.38. The quantitative estimate of drug-likeness (QED) is 0.387. The monoisotopic (exact) mass is 445 g/mol. The highest BCUT2D eigenvalue weighted by Gasteiger charge is 2.24. The maximum atomic E-state index is 13.2. The fraction of sp³-hybridized carbons (Fsp3) is 0.0800. The van der Waals surface area contributed by atoms with Crippen molar-refractivity contribution in [1.29, 1.82) is 0 Å². The Balaban J connectivity index is 1.62. The van der Waals surface area contributed by atoms with Gasteiger partial charge >= 0.3 is 0 Å². The molecule has 160 valence electrons. The number of aromatic nitrogens is 1. The van der Waals surface area contributed by atoms with Crippen molar-refractivity contribution in [3.63, 3.8) is 0 Å². The normalized spacial score (nSPS) is 10.6. The van der Waals surface area contributed by atoms with Crippen molar-refractivity contribution >= 4 is 34.8 Å². The summed E-state index contributed by atoms with van der Waals surface area (Å²) in [6.45, 7) is 3.53. The van der Waals surface area contributed by atoms with Crippen LogP contribution in [-0.2, 0) is 0 Å². The molecule has 0 atom stereocenters. The third-order valence-corrected chi connectivity index (χ3v) is 5.36. The fourth-order valence-corrected chi connectivity index (χ4v) is 3.61. The number of nitrogens with one attached hydrogen (secondary N) is 2. The number of para-hydroxylation sites is 2. The van der Waals surface area contributed by atoms with Crippen LogP contribution >= 0.6 is 11.6 Å². The third kappa shape index (κ3) is 4.26. The molecule has 0 saturated carbocycles. The van der Waals surface area contributed by atoms with Gasteiger partial charge in [-0.15, -0.1) is 0 Å². The summed E-state index contributed by atoms with van der Waals surface area (Å²) in [5.74, 6) is -0.321. The molecule has 2 amide bonds. The van der Waals surface area contributed by atoms with E-state index in [0.717, 1.165) is 5.56 Å². The lowest BCUT2D eigenvalue weighted by molar-refractivity contribution is 0.101. The maximum Gasteiger partial charge on any atom is 0.261 e. The van der Waals surface area contributed by atoms with Gasteiger partial charge in [0.1, 0.15) is 17.0 Å². The summed E-state index contributed by atoms with van der Waals surface area (Å²) in [6, 6.07) is 21.4. The van der Waals surface area contributed by atoms with Crippen LogP contribution in [0.3, 0.4) is 0 Å². The lowest BCUT2D eigenvalue weighted by Gasteiger charge is -2.13. The van der Waals surface area contributed by atoms with Crippen LogP contribution in [0.5, 0.6) is 0 Å². The molecule has 4 aromatic rings. The van der Waals surface area contributed by atoms with E-state index in [2.05, 4.69) is 15.8 Å². The third-order valence-electron chi connectivity index (χ3n) is 5.03. The van der Waals surface area contributed by atoms with Gasteiger partial charge in [0.2, 0.25) is 0 Å². The second kappa shape index (κ2) is 9.08. The van der Waals surface area contributed by atoms with Crippen molar-refractivity contribution in [3.8, 4) is 11.3 Å². The topological polar surface area (TPSA) is 84.2 Å². The largest absolute Gasteiger partial charge is 0.360 e. The molecule has 0 fully saturated rings. The van der Waals surface area contributed by atoms with Crippen molar-refractivity contribution in [2.24, 2.45) is 0 Å².